The third kappa shape index (κ3) is 8.02. The first kappa shape index (κ1) is 26.6. The van der Waals surface area contributed by atoms with Gasteiger partial charge in [0.25, 0.3) is 5.82 Å². The molecule has 1 aliphatic heterocycles. The number of fused-ring (bicyclic) bond motifs is 3. The Morgan fingerprint density at radius 1 is 1.06 bits per heavy atom. The van der Waals surface area contributed by atoms with Crippen molar-refractivity contribution in [1.82, 2.24) is 9.67 Å². The molecule has 13 heteroatoms. The second-order valence-electron chi connectivity index (χ2n) is 6.56. The molecule has 0 N–H and O–H groups in total. The number of hydrogen-bond acceptors (Lipinski definition) is 4. The third-order valence-electron chi connectivity index (χ3n) is 4.03. The number of nitrogens with zero attached hydrogens (tertiary/aromatic N) is 3. The van der Waals surface area contributed by atoms with Crippen LogP contribution in [0.1, 0.15) is 12.7 Å². The average molecular weight is 687 g/mol. The molecule has 32 heavy (non-hydrogen) atoms. The number of thioether (sulfide) groups is 1. The quantitative estimate of drug-likeness (QED) is 0.211. The second-order valence-corrected chi connectivity index (χ2v) is 64.6. The summed E-state index contributed by atoms with van der Waals surface area (Å²) in [5.74, 6) is 2.39. The third-order valence-corrected chi connectivity index (χ3v) is 5.09. The summed E-state index contributed by atoms with van der Waals surface area (Å²) < 4.78 is 8.78. The molecular weight excluding hydrogens is 669 g/mol. The summed E-state index contributed by atoms with van der Waals surface area (Å²) in [6.07, 6.45) is 0.368. The van der Waals surface area contributed by atoms with Crippen LogP contribution < -0.4 is 4.68 Å². The van der Waals surface area contributed by atoms with Crippen molar-refractivity contribution in [3.63, 3.8) is 0 Å². The second kappa shape index (κ2) is 9.54. The summed E-state index contributed by atoms with van der Waals surface area (Å²) in [6, 6.07) is 17.8. The molecule has 0 aliphatic carbocycles. The molecule has 2 heterocycles. The average Bonchev–Trinajstić information content (AvgIpc) is 2.97. The number of carbonyl (C=O) groups is 1. The van der Waals surface area contributed by atoms with E-state index < -0.39 is 15.2 Å². The number of aromatic nitrogens is 3. The summed E-state index contributed by atoms with van der Waals surface area (Å²) in [5.41, 5.74) is 1.85. The van der Waals surface area contributed by atoms with Gasteiger partial charge in [-0.1, -0.05) is 35.0 Å². The van der Waals surface area contributed by atoms with Gasteiger partial charge in [-0.15, -0.1) is 16.4 Å². The minimum absolute atomic E-state index is 0.316. The summed E-state index contributed by atoms with van der Waals surface area (Å²) >= 11 is 1.78. The van der Waals surface area contributed by atoms with Crippen LogP contribution in [0.3, 0.4) is 0 Å². The number of hydrogen-bond donors (Lipinski definition) is 0. The van der Waals surface area contributed by atoms with E-state index in [1.165, 1.54) is 0 Å². The monoisotopic (exact) mass is 683 g/mol. The zero-order valence-corrected chi connectivity index (χ0v) is 24.5. The molecule has 0 saturated heterocycles. The van der Waals surface area contributed by atoms with Crippen molar-refractivity contribution in [3.8, 4) is 17.1 Å². The van der Waals surface area contributed by atoms with Gasteiger partial charge in [0.05, 0.1) is 17.9 Å². The van der Waals surface area contributed by atoms with Gasteiger partial charge in [-0.05, 0) is 36.2 Å². The van der Waals surface area contributed by atoms with Gasteiger partial charge >= 0.3 is 74.0 Å². The minimum atomic E-state index is -5.42. The zero-order chi connectivity index (χ0) is 23.6. The SMILES string of the molecule is CCOC(=O)n1c(-c2ccccc2)nc2[n+]1-c1ccccc1SCC2.[Cl][Sb-]([Cl])([Cl])([Cl])([Cl])[Cl]. The maximum absolute atomic E-state index is 12.8. The number of halogens is 6. The van der Waals surface area contributed by atoms with E-state index in [-0.39, 0.29) is 0 Å². The molecule has 3 aromatic rings. The number of carbonyl (C=O) groups excluding carboxylic acids is 1. The van der Waals surface area contributed by atoms with Gasteiger partial charge in [0.15, 0.2) is 5.69 Å². The molecule has 0 radical (unpaired) electrons. The molecule has 4 rings (SSSR count). The van der Waals surface area contributed by atoms with Crippen molar-refractivity contribution in [3.05, 3.63) is 60.4 Å². The van der Waals surface area contributed by atoms with Gasteiger partial charge in [-0.2, -0.15) is 0 Å². The fourth-order valence-corrected chi connectivity index (χ4v) is 3.95. The zero-order valence-electron chi connectivity index (χ0n) is 16.6. The number of para-hydroxylation sites is 1. The van der Waals surface area contributed by atoms with E-state index >= 15 is 0 Å². The molecule has 0 spiro atoms. The molecular formula is C19H18Cl6N3O2SSb. The first-order valence-electron chi connectivity index (χ1n) is 9.29. The van der Waals surface area contributed by atoms with Crippen LogP contribution in [-0.4, -0.2) is 37.3 Å². The summed E-state index contributed by atoms with van der Waals surface area (Å²) in [5, 5.41) is 0. The molecule has 0 unspecified atom stereocenters. The summed E-state index contributed by atoms with van der Waals surface area (Å²) in [6.45, 7) is 2.13. The first-order valence-corrected chi connectivity index (χ1v) is 29.7. The van der Waals surface area contributed by atoms with E-state index in [4.69, 9.17) is 62.7 Å². The van der Waals surface area contributed by atoms with Crippen LogP contribution >= 0.6 is 64.7 Å². The predicted octanol–water partition coefficient (Wildman–Crippen LogP) is 7.24. The molecule has 0 bridgehead atoms. The Hall–Kier alpha value is -0.0418. The van der Waals surface area contributed by atoms with E-state index in [9.17, 15) is 4.79 Å². The van der Waals surface area contributed by atoms with Gasteiger partial charge in [0.2, 0.25) is 0 Å². The van der Waals surface area contributed by atoms with E-state index in [1.54, 1.807) is 16.4 Å². The van der Waals surface area contributed by atoms with Crippen molar-refractivity contribution in [2.24, 2.45) is 0 Å². The Morgan fingerprint density at radius 2 is 1.66 bits per heavy atom. The van der Waals surface area contributed by atoms with Crippen molar-refractivity contribution in [2.75, 3.05) is 12.4 Å². The maximum atomic E-state index is 12.8. The van der Waals surface area contributed by atoms with Gasteiger partial charge in [0.1, 0.15) is 0 Å². The fourth-order valence-electron chi connectivity index (χ4n) is 2.97. The molecule has 0 saturated carbocycles. The van der Waals surface area contributed by atoms with E-state index in [0.29, 0.717) is 12.4 Å². The Kier molecular flexibility index (Phi) is 7.92. The topological polar surface area (TPSA) is 48.0 Å². The van der Waals surface area contributed by atoms with Crippen molar-refractivity contribution in [2.45, 2.75) is 18.2 Å². The Morgan fingerprint density at radius 3 is 2.28 bits per heavy atom. The molecule has 174 valence electrons. The molecule has 1 aliphatic rings. The molecule has 5 nitrogen and oxygen atoms in total. The number of ether oxygens (including phenoxy) is 1. The van der Waals surface area contributed by atoms with Crippen LogP contribution in [0.4, 0.5) is 4.79 Å². The van der Waals surface area contributed by atoms with Crippen molar-refractivity contribution < 1.29 is 14.2 Å². The van der Waals surface area contributed by atoms with Gasteiger partial charge in [-0.25, -0.2) is 4.79 Å². The van der Waals surface area contributed by atoms with Crippen molar-refractivity contribution >= 4 is 80.0 Å². The van der Waals surface area contributed by atoms with E-state index in [0.717, 1.165) is 34.1 Å². The number of aryl methyl sites for hydroxylation is 1. The van der Waals surface area contributed by atoms with Crippen LogP contribution in [0, 0.1) is 0 Å². The molecule has 2 aromatic carbocycles. The summed E-state index contributed by atoms with van der Waals surface area (Å²) in [4.78, 5) is 18.7. The number of benzene rings is 2. The van der Waals surface area contributed by atoms with Gasteiger partial charge in [-0.3, -0.25) is 0 Å². The molecule has 0 atom stereocenters. The van der Waals surface area contributed by atoms with Crippen LogP contribution in [-0.2, 0) is 11.2 Å². The Labute approximate surface area is 210 Å². The molecule has 0 amide bonds. The van der Waals surface area contributed by atoms with Gasteiger partial charge in [0, 0.05) is 11.3 Å². The van der Waals surface area contributed by atoms with Crippen LogP contribution in [0.25, 0.3) is 17.1 Å². The van der Waals surface area contributed by atoms with Gasteiger partial charge < -0.3 is 4.74 Å². The first-order chi connectivity index (χ1) is 14.7. The predicted molar refractivity (Wildman–Crippen MR) is 137 cm³/mol. The fraction of sp³-hybridized carbons (Fsp3) is 0.211. The van der Waals surface area contributed by atoms with E-state index in [2.05, 4.69) is 6.07 Å². The molecule has 1 aromatic heterocycles. The van der Waals surface area contributed by atoms with Crippen LogP contribution in [0.2, 0.25) is 0 Å². The van der Waals surface area contributed by atoms with Crippen LogP contribution in [0.5, 0.6) is 0 Å². The van der Waals surface area contributed by atoms with Crippen LogP contribution in [0.15, 0.2) is 59.5 Å². The molecule has 0 fully saturated rings. The normalized spacial score (nSPS) is 15.1. The Balaban J connectivity index is 0.000000360. The Bertz CT molecular complexity index is 1130. The standard InChI is InChI=1S/C19H18N3O2S.6ClH.Sb/c1-2-24-19(23)22-18(14-8-4-3-5-9-14)20-17-12-13-25-16-11-7-6-10-15(16)21(17)22;;;;;;;/h3-11H,2,12-13H2,1H3;6*1H;/q+1;;;;;;;+5/p-6. The van der Waals surface area contributed by atoms with Crippen molar-refractivity contribution in [1.29, 1.82) is 0 Å². The summed E-state index contributed by atoms with van der Waals surface area (Å²) in [7, 11) is 25.0. The van der Waals surface area contributed by atoms with E-state index in [1.807, 2.05) is 60.1 Å². The number of rotatable bonds is 2.